The zero-order valence-electron chi connectivity index (χ0n) is 16.8. The molecule has 1 N–H and O–H groups in total. The van der Waals surface area contributed by atoms with Crippen LogP contribution in [0.3, 0.4) is 0 Å². The van der Waals surface area contributed by atoms with E-state index < -0.39 is 28.4 Å². The highest BCUT2D eigenvalue weighted by Gasteiger charge is 2.29. The number of hydrogen-bond donors (Lipinski definition) is 1. The van der Waals surface area contributed by atoms with Crippen molar-refractivity contribution in [2.45, 2.75) is 4.90 Å². The van der Waals surface area contributed by atoms with Gasteiger partial charge in [0.05, 0.1) is 33.3 Å². The molecule has 3 rings (SSSR count). The minimum atomic E-state index is -4.15. The van der Waals surface area contributed by atoms with Gasteiger partial charge in [0, 0.05) is 5.69 Å². The van der Waals surface area contributed by atoms with Crippen LogP contribution in [-0.4, -0.2) is 33.9 Å². The predicted octanol–water partition coefficient (Wildman–Crippen LogP) is 4.61. The molecule has 1 amide bonds. The number of carbonyl (C=O) groups excluding carboxylic acids is 2. The summed E-state index contributed by atoms with van der Waals surface area (Å²) in [7, 11) is -2.91. The van der Waals surface area contributed by atoms with Crippen molar-refractivity contribution in [3.8, 4) is 0 Å². The fraction of sp³-hybridized carbons (Fsp3) is 0.0909. The molecule has 0 aromatic heterocycles. The Morgan fingerprint density at radius 1 is 0.969 bits per heavy atom. The summed E-state index contributed by atoms with van der Waals surface area (Å²) in [5.41, 5.74) is 0.589. The average Bonchev–Trinajstić information content (AvgIpc) is 2.79. The number of sulfonamides is 1. The van der Waals surface area contributed by atoms with Crippen molar-refractivity contribution in [3.63, 3.8) is 0 Å². The zero-order chi connectivity index (χ0) is 23.3. The smallest absolute Gasteiger partial charge is 0.337 e. The van der Waals surface area contributed by atoms with Gasteiger partial charge in [-0.25, -0.2) is 13.2 Å². The first kappa shape index (κ1) is 23.6. The van der Waals surface area contributed by atoms with Gasteiger partial charge in [0.1, 0.15) is 6.54 Å². The standard InChI is InChI=1S/C22H18Cl2N2O5S/c1-31-22(28)15-7-5-8-16(13-15)25-20(27)14-26(19-12-6-11-18(23)21(19)24)32(29,30)17-9-3-2-4-10-17/h2-13H,14H2,1H3,(H,25,27). The fourth-order valence-electron chi connectivity index (χ4n) is 2.88. The Labute approximate surface area is 195 Å². The van der Waals surface area contributed by atoms with E-state index in [-0.39, 0.29) is 26.2 Å². The molecule has 0 saturated carbocycles. The summed E-state index contributed by atoms with van der Waals surface area (Å²) < 4.78 is 32.3. The molecule has 0 bridgehead atoms. The van der Waals surface area contributed by atoms with E-state index in [1.165, 1.54) is 49.6 Å². The van der Waals surface area contributed by atoms with Gasteiger partial charge < -0.3 is 10.1 Å². The summed E-state index contributed by atoms with van der Waals surface area (Å²) in [5, 5.41) is 2.73. The van der Waals surface area contributed by atoms with E-state index in [0.717, 1.165) is 4.31 Å². The third-order valence-electron chi connectivity index (χ3n) is 4.39. The molecule has 0 aliphatic heterocycles. The van der Waals surface area contributed by atoms with Gasteiger partial charge in [-0.15, -0.1) is 0 Å². The topological polar surface area (TPSA) is 92.8 Å². The number of rotatable bonds is 7. The first-order valence-corrected chi connectivity index (χ1v) is 11.4. The third kappa shape index (κ3) is 5.21. The molecule has 0 radical (unpaired) electrons. The summed E-state index contributed by atoms with van der Waals surface area (Å²) in [6.45, 7) is -0.584. The van der Waals surface area contributed by atoms with Crippen LogP contribution in [0.5, 0.6) is 0 Å². The molecular formula is C22H18Cl2N2O5S. The molecule has 3 aromatic rings. The molecule has 3 aromatic carbocycles. The summed E-state index contributed by atoms with van der Waals surface area (Å²) in [5.74, 6) is -1.22. The van der Waals surface area contributed by atoms with Crippen molar-refractivity contribution in [2.75, 3.05) is 23.3 Å². The van der Waals surface area contributed by atoms with Crippen molar-refractivity contribution in [1.29, 1.82) is 0 Å². The van der Waals surface area contributed by atoms with E-state index in [4.69, 9.17) is 23.2 Å². The van der Waals surface area contributed by atoms with Crippen LogP contribution >= 0.6 is 23.2 Å². The molecule has 166 valence electrons. The van der Waals surface area contributed by atoms with Crippen LogP contribution in [0.1, 0.15) is 10.4 Å². The fourth-order valence-corrected chi connectivity index (χ4v) is 4.78. The van der Waals surface area contributed by atoms with Gasteiger partial charge in [-0.2, -0.15) is 0 Å². The molecule has 32 heavy (non-hydrogen) atoms. The number of esters is 1. The highest BCUT2D eigenvalue weighted by Crippen LogP contribution is 2.35. The van der Waals surface area contributed by atoms with Crippen LogP contribution in [0.2, 0.25) is 10.0 Å². The van der Waals surface area contributed by atoms with Crippen molar-refractivity contribution < 1.29 is 22.7 Å². The number of benzene rings is 3. The van der Waals surface area contributed by atoms with E-state index >= 15 is 0 Å². The zero-order valence-corrected chi connectivity index (χ0v) is 19.1. The number of halogens is 2. The number of carbonyl (C=O) groups is 2. The number of nitrogens with one attached hydrogen (secondary N) is 1. The lowest BCUT2D eigenvalue weighted by molar-refractivity contribution is -0.114. The monoisotopic (exact) mass is 492 g/mol. The van der Waals surface area contributed by atoms with Crippen LogP contribution in [0.15, 0.2) is 77.7 Å². The van der Waals surface area contributed by atoms with Crippen LogP contribution in [0.25, 0.3) is 0 Å². The Kier molecular flexibility index (Phi) is 7.40. The van der Waals surface area contributed by atoms with Crippen molar-refractivity contribution in [3.05, 3.63) is 88.4 Å². The lowest BCUT2D eigenvalue weighted by Crippen LogP contribution is -2.38. The van der Waals surface area contributed by atoms with Gasteiger partial charge in [-0.05, 0) is 42.5 Å². The quantitative estimate of drug-likeness (QED) is 0.485. The van der Waals surface area contributed by atoms with Crippen molar-refractivity contribution in [1.82, 2.24) is 0 Å². The largest absolute Gasteiger partial charge is 0.465 e. The Balaban J connectivity index is 1.95. The Hall–Kier alpha value is -3.07. The maximum Gasteiger partial charge on any atom is 0.337 e. The maximum atomic E-state index is 13.3. The minimum Gasteiger partial charge on any atom is -0.465 e. The molecular weight excluding hydrogens is 475 g/mol. The minimum absolute atomic E-state index is 0.00541. The van der Waals surface area contributed by atoms with Gasteiger partial charge in [0.2, 0.25) is 5.91 Å². The van der Waals surface area contributed by atoms with Crippen LogP contribution in [0, 0.1) is 0 Å². The third-order valence-corrected chi connectivity index (χ3v) is 6.97. The van der Waals surface area contributed by atoms with Gasteiger partial charge in [-0.3, -0.25) is 9.10 Å². The van der Waals surface area contributed by atoms with Crippen LogP contribution < -0.4 is 9.62 Å². The predicted molar refractivity (Wildman–Crippen MR) is 124 cm³/mol. The van der Waals surface area contributed by atoms with E-state index in [1.54, 1.807) is 30.3 Å². The molecule has 0 atom stereocenters. The van der Waals surface area contributed by atoms with Gasteiger partial charge in [-0.1, -0.05) is 53.5 Å². The SMILES string of the molecule is COC(=O)c1cccc(NC(=O)CN(c2cccc(Cl)c2Cl)S(=O)(=O)c2ccccc2)c1. The van der Waals surface area contributed by atoms with Crippen molar-refractivity contribution >= 4 is 56.5 Å². The van der Waals surface area contributed by atoms with E-state index in [2.05, 4.69) is 10.1 Å². The normalized spacial score (nSPS) is 11.0. The highest BCUT2D eigenvalue weighted by atomic mass is 35.5. The van der Waals surface area contributed by atoms with E-state index in [9.17, 15) is 18.0 Å². The average molecular weight is 493 g/mol. The number of ether oxygens (including phenoxy) is 1. The van der Waals surface area contributed by atoms with Gasteiger partial charge in [0.15, 0.2) is 0 Å². The van der Waals surface area contributed by atoms with Gasteiger partial charge in [0.25, 0.3) is 10.0 Å². The molecule has 0 saturated heterocycles. The second-order valence-electron chi connectivity index (χ2n) is 6.52. The number of amides is 1. The first-order valence-electron chi connectivity index (χ1n) is 9.24. The Morgan fingerprint density at radius 3 is 2.34 bits per heavy atom. The summed E-state index contributed by atoms with van der Waals surface area (Å²) >= 11 is 12.4. The number of nitrogens with zero attached hydrogens (tertiary/aromatic N) is 1. The molecule has 7 nitrogen and oxygen atoms in total. The number of anilines is 2. The number of hydrogen-bond acceptors (Lipinski definition) is 5. The van der Waals surface area contributed by atoms with E-state index in [1.807, 2.05) is 0 Å². The Morgan fingerprint density at radius 2 is 1.66 bits per heavy atom. The lowest BCUT2D eigenvalue weighted by atomic mass is 10.2. The number of methoxy groups -OCH3 is 1. The second-order valence-corrected chi connectivity index (χ2v) is 9.17. The first-order chi connectivity index (χ1) is 15.2. The van der Waals surface area contributed by atoms with Crippen molar-refractivity contribution in [2.24, 2.45) is 0 Å². The lowest BCUT2D eigenvalue weighted by Gasteiger charge is -2.25. The molecule has 0 aliphatic rings. The highest BCUT2D eigenvalue weighted by molar-refractivity contribution is 7.92. The van der Waals surface area contributed by atoms with E-state index in [0.29, 0.717) is 5.69 Å². The summed E-state index contributed by atoms with van der Waals surface area (Å²) in [6, 6.07) is 18.2. The molecule has 0 aliphatic carbocycles. The van der Waals surface area contributed by atoms with Crippen LogP contribution in [-0.2, 0) is 19.6 Å². The van der Waals surface area contributed by atoms with Crippen LogP contribution in [0.4, 0.5) is 11.4 Å². The van der Waals surface area contributed by atoms with Gasteiger partial charge >= 0.3 is 5.97 Å². The summed E-state index contributed by atoms with van der Waals surface area (Å²) in [4.78, 5) is 24.5. The second kappa shape index (κ2) is 10.0. The molecule has 0 unspecified atom stereocenters. The molecule has 10 heteroatoms. The Bertz CT molecular complexity index is 1250. The molecule has 0 fully saturated rings. The summed E-state index contributed by atoms with van der Waals surface area (Å²) in [6.07, 6.45) is 0. The maximum absolute atomic E-state index is 13.3. The molecule has 0 heterocycles. The molecule has 0 spiro atoms.